The molecule has 6 aromatic carbocycles. The molecule has 0 amide bonds. The van der Waals surface area contributed by atoms with E-state index in [-0.39, 0.29) is 0 Å². The normalized spacial score (nSPS) is 14.0. The van der Waals surface area contributed by atoms with Crippen molar-refractivity contribution in [2.75, 3.05) is 16.8 Å². The summed E-state index contributed by atoms with van der Waals surface area (Å²) in [5.41, 5.74) is 11.1. The highest BCUT2D eigenvalue weighted by atomic mass is 15.1. The second-order valence-corrected chi connectivity index (χ2v) is 11.2. The zero-order chi connectivity index (χ0) is 28.5. The molecule has 42 heavy (non-hydrogen) atoms. The van der Waals surface area contributed by atoms with Gasteiger partial charge in [-0.2, -0.15) is 0 Å². The van der Waals surface area contributed by atoms with Gasteiger partial charge in [-0.05, 0) is 100.0 Å². The van der Waals surface area contributed by atoms with Gasteiger partial charge in [0.2, 0.25) is 0 Å². The van der Waals surface area contributed by atoms with Gasteiger partial charge >= 0.3 is 0 Å². The number of benzene rings is 6. The van der Waals surface area contributed by atoms with Gasteiger partial charge in [-0.1, -0.05) is 104 Å². The summed E-state index contributed by atoms with van der Waals surface area (Å²) >= 11 is 0. The van der Waals surface area contributed by atoms with Crippen LogP contribution < -0.4 is 9.80 Å². The van der Waals surface area contributed by atoms with E-state index in [1.165, 1.54) is 44.4 Å². The molecule has 0 spiro atoms. The lowest BCUT2D eigenvalue weighted by Crippen LogP contribution is -2.14. The van der Waals surface area contributed by atoms with E-state index in [0.717, 1.165) is 23.5 Å². The lowest BCUT2D eigenvalue weighted by molar-refractivity contribution is 0.770. The second kappa shape index (κ2) is 11.1. The van der Waals surface area contributed by atoms with Crippen molar-refractivity contribution in [3.05, 3.63) is 157 Å². The third-order valence-corrected chi connectivity index (χ3v) is 8.48. The second-order valence-electron chi connectivity index (χ2n) is 11.2. The van der Waals surface area contributed by atoms with Crippen LogP contribution in [0.5, 0.6) is 0 Å². The van der Waals surface area contributed by atoms with Gasteiger partial charge < -0.3 is 9.80 Å². The molecule has 0 heterocycles. The zero-order valence-electron chi connectivity index (χ0n) is 24.1. The molecule has 6 aromatic rings. The minimum atomic E-state index is 0.520. The average Bonchev–Trinajstić information content (AvgIpc) is 3.05. The van der Waals surface area contributed by atoms with Crippen LogP contribution in [0.2, 0.25) is 0 Å². The number of hydrogen-bond donors (Lipinski definition) is 0. The fraction of sp³-hybridized carbons (Fsp3) is 0.100. The third kappa shape index (κ3) is 4.86. The number of para-hydroxylation sites is 1. The predicted molar refractivity (Wildman–Crippen MR) is 181 cm³/mol. The topological polar surface area (TPSA) is 6.48 Å². The van der Waals surface area contributed by atoms with Gasteiger partial charge in [0.1, 0.15) is 0 Å². The van der Waals surface area contributed by atoms with Gasteiger partial charge in [0.15, 0.2) is 0 Å². The lowest BCUT2D eigenvalue weighted by atomic mass is 9.87. The van der Waals surface area contributed by atoms with Crippen molar-refractivity contribution in [3.8, 4) is 11.1 Å². The van der Waals surface area contributed by atoms with Crippen molar-refractivity contribution in [1.82, 2.24) is 0 Å². The molecule has 0 aromatic heterocycles. The van der Waals surface area contributed by atoms with Crippen molar-refractivity contribution in [1.29, 1.82) is 0 Å². The summed E-state index contributed by atoms with van der Waals surface area (Å²) in [6.07, 6.45) is 5.64. The van der Waals surface area contributed by atoms with E-state index in [9.17, 15) is 0 Å². The van der Waals surface area contributed by atoms with Crippen molar-refractivity contribution in [3.63, 3.8) is 0 Å². The van der Waals surface area contributed by atoms with Crippen LogP contribution in [0.15, 0.2) is 146 Å². The summed E-state index contributed by atoms with van der Waals surface area (Å²) in [7, 11) is 2.18. The zero-order valence-corrected chi connectivity index (χ0v) is 24.1. The molecule has 2 nitrogen and oxygen atoms in total. The van der Waals surface area contributed by atoms with E-state index >= 15 is 0 Å². The highest BCUT2D eigenvalue weighted by molar-refractivity contribution is 5.89. The smallest absolute Gasteiger partial charge is 0.0468 e. The summed E-state index contributed by atoms with van der Waals surface area (Å²) in [6, 6.07) is 50.3. The van der Waals surface area contributed by atoms with Crippen LogP contribution in [-0.2, 0) is 0 Å². The highest BCUT2D eigenvalue weighted by Gasteiger charge is 2.19. The molecule has 1 aliphatic rings. The van der Waals surface area contributed by atoms with Crippen LogP contribution in [0.3, 0.4) is 0 Å². The highest BCUT2D eigenvalue weighted by Crippen LogP contribution is 2.40. The standard InChI is InChI=1S/C40H34N2/c1-29-10-8-13-33-14-9-17-39(40(29)33)41(2)35-23-18-31(19-24-35)32-20-25-37(26-21-32)42(36-15-4-3-5-16-36)38-27-22-30-11-6-7-12-34(30)28-38/h3-9,11-29H,10H2,1-2H3. The number of anilines is 5. The fourth-order valence-electron chi connectivity index (χ4n) is 6.22. The summed E-state index contributed by atoms with van der Waals surface area (Å²) < 4.78 is 0. The molecular weight excluding hydrogens is 508 g/mol. The Labute approximate surface area is 248 Å². The Morgan fingerprint density at radius 2 is 1.17 bits per heavy atom. The minimum absolute atomic E-state index is 0.520. The van der Waals surface area contributed by atoms with Crippen molar-refractivity contribution in [2.45, 2.75) is 19.3 Å². The molecule has 0 aliphatic heterocycles. The Morgan fingerprint density at radius 3 is 1.90 bits per heavy atom. The largest absolute Gasteiger partial charge is 0.344 e. The molecule has 1 unspecified atom stereocenters. The quantitative estimate of drug-likeness (QED) is 0.206. The van der Waals surface area contributed by atoms with Gasteiger partial charge in [0.05, 0.1) is 0 Å². The van der Waals surface area contributed by atoms with Crippen LogP contribution >= 0.6 is 0 Å². The Kier molecular flexibility index (Phi) is 6.81. The van der Waals surface area contributed by atoms with Crippen LogP contribution in [0.25, 0.3) is 28.0 Å². The molecule has 0 saturated heterocycles. The molecule has 0 radical (unpaired) electrons. The van der Waals surface area contributed by atoms with Crippen LogP contribution in [0.1, 0.15) is 30.4 Å². The first kappa shape index (κ1) is 25.9. The van der Waals surface area contributed by atoms with Crippen molar-refractivity contribution < 1.29 is 0 Å². The molecule has 2 heteroatoms. The first-order valence-electron chi connectivity index (χ1n) is 14.7. The summed E-state index contributed by atoms with van der Waals surface area (Å²) in [5, 5.41) is 2.48. The van der Waals surface area contributed by atoms with Crippen molar-refractivity contribution >= 4 is 45.3 Å². The third-order valence-electron chi connectivity index (χ3n) is 8.48. The molecule has 204 valence electrons. The van der Waals surface area contributed by atoms with Crippen LogP contribution in [-0.4, -0.2) is 7.05 Å². The summed E-state index contributed by atoms with van der Waals surface area (Å²) in [4.78, 5) is 4.65. The molecule has 0 N–H and O–H groups in total. The molecular formula is C40H34N2. The first-order chi connectivity index (χ1) is 20.7. The van der Waals surface area contributed by atoms with E-state index in [0.29, 0.717) is 5.92 Å². The van der Waals surface area contributed by atoms with E-state index < -0.39 is 0 Å². The number of allylic oxidation sites excluding steroid dienone is 1. The number of nitrogens with zero attached hydrogens (tertiary/aromatic N) is 2. The van der Waals surface area contributed by atoms with E-state index in [2.05, 4.69) is 175 Å². The van der Waals surface area contributed by atoms with Crippen LogP contribution in [0.4, 0.5) is 28.4 Å². The van der Waals surface area contributed by atoms with E-state index in [1.54, 1.807) is 0 Å². The fourth-order valence-corrected chi connectivity index (χ4v) is 6.22. The summed E-state index contributed by atoms with van der Waals surface area (Å²) in [5.74, 6) is 0.520. The lowest BCUT2D eigenvalue weighted by Gasteiger charge is -2.28. The number of rotatable bonds is 6. The molecule has 0 saturated carbocycles. The molecule has 1 aliphatic carbocycles. The summed E-state index contributed by atoms with van der Waals surface area (Å²) in [6.45, 7) is 2.32. The first-order valence-corrected chi connectivity index (χ1v) is 14.7. The van der Waals surface area contributed by atoms with Gasteiger partial charge in [-0.15, -0.1) is 0 Å². The predicted octanol–water partition coefficient (Wildman–Crippen LogP) is 11.3. The minimum Gasteiger partial charge on any atom is -0.344 e. The Morgan fingerprint density at radius 1 is 0.548 bits per heavy atom. The van der Waals surface area contributed by atoms with E-state index in [4.69, 9.17) is 0 Å². The maximum Gasteiger partial charge on any atom is 0.0468 e. The Hall–Kier alpha value is -5.08. The van der Waals surface area contributed by atoms with Gasteiger partial charge in [-0.3, -0.25) is 0 Å². The SMILES string of the molecule is CC1CC=Cc2cccc(N(C)c3ccc(-c4ccc(N(c5ccccc5)c5ccc6ccccc6c5)cc4)cc3)c21. The van der Waals surface area contributed by atoms with E-state index in [1.807, 2.05) is 0 Å². The number of hydrogen-bond acceptors (Lipinski definition) is 2. The molecule has 0 fully saturated rings. The average molecular weight is 543 g/mol. The molecule has 1 atom stereocenters. The van der Waals surface area contributed by atoms with Crippen LogP contribution in [0, 0.1) is 0 Å². The molecule has 7 rings (SSSR count). The maximum atomic E-state index is 2.32. The van der Waals surface area contributed by atoms with Gasteiger partial charge in [-0.25, -0.2) is 0 Å². The maximum absolute atomic E-state index is 2.32. The van der Waals surface area contributed by atoms with Crippen molar-refractivity contribution in [2.24, 2.45) is 0 Å². The monoisotopic (exact) mass is 542 g/mol. The number of fused-ring (bicyclic) bond motifs is 2. The molecule has 0 bridgehead atoms. The van der Waals surface area contributed by atoms with Gasteiger partial charge in [0.25, 0.3) is 0 Å². The Balaban J connectivity index is 1.18. The van der Waals surface area contributed by atoms with Gasteiger partial charge in [0, 0.05) is 35.5 Å². The Bertz CT molecular complexity index is 1870.